The van der Waals surface area contributed by atoms with Crippen molar-refractivity contribution in [1.29, 1.82) is 0 Å². The minimum absolute atomic E-state index is 0.300. The molecule has 1 aliphatic rings. The van der Waals surface area contributed by atoms with Crippen LogP contribution in [-0.2, 0) is 10.0 Å². The van der Waals surface area contributed by atoms with E-state index < -0.39 is 10.0 Å². The largest absolute Gasteiger partial charge is 0.493 e. The number of hydrogen-bond acceptors (Lipinski definition) is 8. The number of aromatic nitrogens is 2. The first-order valence-electron chi connectivity index (χ1n) is 9.75. The molecular formula is C21H24N4O5S. The molecule has 31 heavy (non-hydrogen) atoms. The molecule has 10 heteroatoms. The Hall–Kier alpha value is -3.11. The number of fused-ring (bicyclic) bond motifs is 1. The van der Waals surface area contributed by atoms with Gasteiger partial charge < -0.3 is 19.1 Å². The van der Waals surface area contributed by atoms with Crippen LogP contribution in [0.2, 0.25) is 0 Å². The van der Waals surface area contributed by atoms with E-state index in [4.69, 9.17) is 14.2 Å². The highest BCUT2D eigenvalue weighted by atomic mass is 32.2. The lowest BCUT2D eigenvalue weighted by atomic mass is 10.1. The van der Waals surface area contributed by atoms with Crippen LogP contribution in [0.1, 0.15) is 0 Å². The molecule has 0 atom stereocenters. The Morgan fingerprint density at radius 1 is 0.871 bits per heavy atom. The fraction of sp³-hybridized carbons (Fsp3) is 0.333. The second-order valence-electron chi connectivity index (χ2n) is 6.94. The van der Waals surface area contributed by atoms with E-state index in [9.17, 15) is 8.42 Å². The second-order valence-corrected chi connectivity index (χ2v) is 8.88. The first-order chi connectivity index (χ1) is 15.0. The van der Waals surface area contributed by atoms with Gasteiger partial charge in [0.25, 0.3) is 0 Å². The molecule has 1 aromatic heterocycles. The summed E-state index contributed by atoms with van der Waals surface area (Å²) in [6.07, 6.45) is 1.48. The molecule has 1 fully saturated rings. The minimum atomic E-state index is -3.53. The number of anilines is 1. The molecule has 0 bridgehead atoms. The van der Waals surface area contributed by atoms with Gasteiger partial charge >= 0.3 is 0 Å². The summed E-state index contributed by atoms with van der Waals surface area (Å²) in [6, 6.07) is 10.3. The molecule has 1 saturated heterocycles. The average Bonchev–Trinajstić information content (AvgIpc) is 2.82. The molecule has 0 saturated carbocycles. The van der Waals surface area contributed by atoms with Gasteiger partial charge in [0, 0.05) is 32.2 Å². The van der Waals surface area contributed by atoms with Crippen molar-refractivity contribution >= 4 is 26.7 Å². The smallest absolute Gasteiger partial charge is 0.243 e. The van der Waals surface area contributed by atoms with E-state index in [1.54, 1.807) is 57.7 Å². The molecule has 2 heterocycles. The van der Waals surface area contributed by atoms with E-state index in [0.29, 0.717) is 65.0 Å². The quantitative estimate of drug-likeness (QED) is 0.571. The van der Waals surface area contributed by atoms with Crippen molar-refractivity contribution in [1.82, 2.24) is 14.3 Å². The summed E-state index contributed by atoms with van der Waals surface area (Å²) in [6.45, 7) is 1.65. The third kappa shape index (κ3) is 3.72. The van der Waals surface area contributed by atoms with E-state index in [2.05, 4.69) is 9.97 Å². The summed E-state index contributed by atoms with van der Waals surface area (Å²) in [5.41, 5.74) is 0.652. The molecule has 2 aromatic carbocycles. The molecule has 9 nitrogen and oxygen atoms in total. The topological polar surface area (TPSA) is 94.1 Å². The van der Waals surface area contributed by atoms with E-state index in [1.165, 1.54) is 10.6 Å². The molecule has 1 aliphatic heterocycles. The molecule has 0 spiro atoms. The number of rotatable bonds is 6. The molecule has 3 aromatic rings. The van der Waals surface area contributed by atoms with Crippen LogP contribution < -0.4 is 19.1 Å². The summed E-state index contributed by atoms with van der Waals surface area (Å²) >= 11 is 0. The van der Waals surface area contributed by atoms with Crippen molar-refractivity contribution in [2.45, 2.75) is 4.90 Å². The van der Waals surface area contributed by atoms with Crippen LogP contribution in [-0.4, -0.2) is 70.2 Å². The van der Waals surface area contributed by atoms with Gasteiger partial charge in [-0.1, -0.05) is 18.2 Å². The van der Waals surface area contributed by atoms with Gasteiger partial charge in [-0.15, -0.1) is 0 Å². The van der Waals surface area contributed by atoms with Gasteiger partial charge in [0.05, 0.1) is 37.1 Å². The van der Waals surface area contributed by atoms with Gasteiger partial charge in [-0.3, -0.25) is 0 Å². The summed E-state index contributed by atoms with van der Waals surface area (Å²) < 4.78 is 43.9. The van der Waals surface area contributed by atoms with Crippen LogP contribution in [0, 0.1) is 0 Å². The van der Waals surface area contributed by atoms with Crippen molar-refractivity contribution in [3.8, 4) is 17.2 Å². The maximum Gasteiger partial charge on any atom is 0.243 e. The fourth-order valence-corrected chi connectivity index (χ4v) is 5.24. The Labute approximate surface area is 181 Å². The fourth-order valence-electron chi connectivity index (χ4n) is 3.79. The van der Waals surface area contributed by atoms with E-state index in [-0.39, 0.29) is 0 Å². The van der Waals surface area contributed by atoms with Crippen LogP contribution in [0.4, 0.5) is 5.82 Å². The predicted octanol–water partition coefficient (Wildman–Crippen LogP) is 2.17. The van der Waals surface area contributed by atoms with Gasteiger partial charge in [-0.05, 0) is 12.1 Å². The maximum atomic E-state index is 12.9. The van der Waals surface area contributed by atoms with Gasteiger partial charge in [-0.25, -0.2) is 18.4 Å². The number of nitrogens with zero attached hydrogens (tertiary/aromatic N) is 4. The van der Waals surface area contributed by atoms with Crippen LogP contribution >= 0.6 is 0 Å². The van der Waals surface area contributed by atoms with Gasteiger partial charge in [0.2, 0.25) is 15.8 Å². The van der Waals surface area contributed by atoms with Crippen molar-refractivity contribution in [2.24, 2.45) is 0 Å². The monoisotopic (exact) mass is 444 g/mol. The normalized spacial score (nSPS) is 15.1. The highest BCUT2D eigenvalue weighted by Crippen LogP contribution is 2.45. The highest BCUT2D eigenvalue weighted by molar-refractivity contribution is 7.89. The highest BCUT2D eigenvalue weighted by Gasteiger charge is 2.30. The van der Waals surface area contributed by atoms with Gasteiger partial charge in [0.1, 0.15) is 12.1 Å². The molecule has 4 rings (SSSR count). The van der Waals surface area contributed by atoms with Crippen molar-refractivity contribution in [3.63, 3.8) is 0 Å². The Kier molecular flexibility index (Phi) is 5.84. The molecule has 0 radical (unpaired) electrons. The predicted molar refractivity (Wildman–Crippen MR) is 117 cm³/mol. The zero-order chi connectivity index (χ0) is 22.0. The molecule has 0 amide bonds. The lowest BCUT2D eigenvalue weighted by molar-refractivity contribution is 0.327. The number of piperazine rings is 1. The third-order valence-corrected chi connectivity index (χ3v) is 7.24. The van der Waals surface area contributed by atoms with Crippen LogP contribution in [0.25, 0.3) is 10.9 Å². The average molecular weight is 445 g/mol. The number of benzene rings is 2. The van der Waals surface area contributed by atoms with Crippen molar-refractivity contribution in [3.05, 3.63) is 42.7 Å². The summed E-state index contributed by atoms with van der Waals surface area (Å²) in [5, 5.41) is 0.696. The number of methoxy groups -OCH3 is 3. The number of hydrogen-bond donors (Lipinski definition) is 0. The third-order valence-electron chi connectivity index (χ3n) is 5.33. The first-order valence-corrected chi connectivity index (χ1v) is 11.2. The summed E-state index contributed by atoms with van der Waals surface area (Å²) in [5.74, 6) is 2.11. The molecular weight excluding hydrogens is 420 g/mol. The SMILES string of the molecule is COc1cc2ncnc(N3CCN(S(=O)(=O)c4ccccc4)CC3)c2c(OC)c1OC. The Bertz CT molecular complexity index is 1180. The lowest BCUT2D eigenvalue weighted by Gasteiger charge is -2.35. The minimum Gasteiger partial charge on any atom is -0.493 e. The molecule has 0 aliphatic carbocycles. The first kappa shape index (κ1) is 21.1. The Morgan fingerprint density at radius 2 is 1.55 bits per heavy atom. The Morgan fingerprint density at radius 3 is 2.16 bits per heavy atom. The maximum absolute atomic E-state index is 12.9. The summed E-state index contributed by atoms with van der Waals surface area (Å²) in [7, 11) is 1.12. The van der Waals surface area contributed by atoms with Crippen LogP contribution in [0.5, 0.6) is 17.2 Å². The van der Waals surface area contributed by atoms with E-state index in [1.807, 2.05) is 4.90 Å². The number of sulfonamides is 1. The van der Waals surface area contributed by atoms with Crippen LogP contribution in [0.15, 0.2) is 47.6 Å². The van der Waals surface area contributed by atoms with E-state index in [0.717, 1.165) is 0 Å². The molecule has 0 N–H and O–H groups in total. The zero-order valence-corrected chi connectivity index (χ0v) is 18.4. The lowest BCUT2D eigenvalue weighted by Crippen LogP contribution is -2.49. The van der Waals surface area contributed by atoms with Crippen molar-refractivity contribution < 1.29 is 22.6 Å². The van der Waals surface area contributed by atoms with Crippen LogP contribution in [0.3, 0.4) is 0 Å². The van der Waals surface area contributed by atoms with E-state index >= 15 is 0 Å². The van der Waals surface area contributed by atoms with Gasteiger partial charge in [-0.2, -0.15) is 4.31 Å². The molecule has 164 valence electrons. The number of ether oxygens (including phenoxy) is 3. The molecule has 0 unspecified atom stereocenters. The zero-order valence-electron chi connectivity index (χ0n) is 17.6. The summed E-state index contributed by atoms with van der Waals surface area (Å²) in [4.78, 5) is 11.2. The Balaban J connectivity index is 1.67. The van der Waals surface area contributed by atoms with Crippen molar-refractivity contribution in [2.75, 3.05) is 52.4 Å². The second kappa shape index (κ2) is 8.56. The van der Waals surface area contributed by atoms with Gasteiger partial charge in [0.15, 0.2) is 11.5 Å². The standard InChI is InChI=1S/C21H24N4O5S/c1-28-17-13-16-18(20(30-3)19(17)29-2)21(23-14-22-16)24-9-11-25(12-10-24)31(26,27)15-7-5-4-6-8-15/h4-8,13-14H,9-12H2,1-3H3.